The van der Waals surface area contributed by atoms with Crippen molar-refractivity contribution in [3.63, 3.8) is 0 Å². The molecule has 0 saturated carbocycles. The fourth-order valence-electron chi connectivity index (χ4n) is 5.18. The van der Waals surface area contributed by atoms with Gasteiger partial charge in [-0.1, -0.05) is 106 Å². The molecule has 0 aliphatic carbocycles. The van der Waals surface area contributed by atoms with Crippen LogP contribution in [-0.2, 0) is 0 Å². The van der Waals surface area contributed by atoms with Crippen molar-refractivity contribution in [3.8, 4) is 16.9 Å². The third-order valence-electron chi connectivity index (χ3n) is 7.46. The van der Waals surface area contributed by atoms with Gasteiger partial charge in [-0.05, 0) is 89.8 Å². The highest BCUT2D eigenvalue weighted by Crippen LogP contribution is 2.38. The number of hydrogen-bond acceptors (Lipinski definition) is 3. The van der Waals surface area contributed by atoms with Crippen LogP contribution in [0.1, 0.15) is 89.7 Å². The lowest BCUT2D eigenvalue weighted by Gasteiger charge is -2.26. The van der Waals surface area contributed by atoms with Crippen molar-refractivity contribution in [3.05, 3.63) is 63.1 Å². The minimum Gasteiger partial charge on any atom is -0.495 e. The van der Waals surface area contributed by atoms with Gasteiger partial charge in [0.25, 0.3) is 0 Å². The van der Waals surface area contributed by atoms with Crippen molar-refractivity contribution >= 4 is 45.6 Å². The maximum absolute atomic E-state index is 11.7. The highest BCUT2D eigenvalue weighted by Gasteiger charge is 2.19. The third kappa shape index (κ3) is 9.54. The van der Waals surface area contributed by atoms with E-state index in [0.29, 0.717) is 27.4 Å². The second kappa shape index (κ2) is 16.7. The molecule has 0 amide bonds. The summed E-state index contributed by atoms with van der Waals surface area (Å²) in [6.45, 7) is 7.10. The molecule has 6 heteroatoms. The van der Waals surface area contributed by atoms with E-state index >= 15 is 0 Å². The van der Waals surface area contributed by atoms with Gasteiger partial charge in [0.05, 0.1) is 28.3 Å². The van der Waals surface area contributed by atoms with Gasteiger partial charge in [0.2, 0.25) is 0 Å². The number of ether oxygens (including phenoxy) is 1. The number of benzene rings is 3. The summed E-state index contributed by atoms with van der Waals surface area (Å²) in [7, 11) is 1.62. The first kappa shape index (κ1) is 32.0. The Morgan fingerprint density at radius 2 is 1.36 bits per heavy atom. The van der Waals surface area contributed by atoms with Gasteiger partial charge in [-0.15, -0.1) is 0 Å². The second-order valence-electron chi connectivity index (χ2n) is 10.5. The molecular weight excluding hydrogens is 549 g/mol. The SMILES string of the molecule is CCCCCCCN(CCCCCCC)CC(O)c1cc(-c2ccc(Cl)c(Cl)c2)cc2cc(Cl)c(OC)cc12. The first-order chi connectivity index (χ1) is 18.9. The summed E-state index contributed by atoms with van der Waals surface area (Å²) in [5.74, 6) is 0.601. The normalized spacial score (nSPS) is 12.4. The number of methoxy groups -OCH3 is 1. The van der Waals surface area contributed by atoms with E-state index in [4.69, 9.17) is 39.5 Å². The van der Waals surface area contributed by atoms with Crippen molar-refractivity contribution in [2.75, 3.05) is 26.7 Å². The van der Waals surface area contributed by atoms with E-state index in [2.05, 4.69) is 30.9 Å². The zero-order chi connectivity index (χ0) is 28.2. The molecule has 3 aromatic rings. The second-order valence-corrected chi connectivity index (χ2v) is 11.8. The summed E-state index contributed by atoms with van der Waals surface area (Å²) in [4.78, 5) is 2.45. The molecule has 0 aliphatic heterocycles. The Morgan fingerprint density at radius 3 is 1.95 bits per heavy atom. The van der Waals surface area contributed by atoms with Crippen LogP contribution in [0.2, 0.25) is 15.1 Å². The molecule has 0 fully saturated rings. The predicted molar refractivity (Wildman–Crippen MR) is 170 cm³/mol. The van der Waals surface area contributed by atoms with Crippen LogP contribution in [-0.4, -0.2) is 36.8 Å². The molecule has 0 spiro atoms. The van der Waals surface area contributed by atoms with Crippen LogP contribution >= 0.6 is 34.8 Å². The van der Waals surface area contributed by atoms with Gasteiger partial charge in [0.1, 0.15) is 5.75 Å². The Labute approximate surface area is 250 Å². The van der Waals surface area contributed by atoms with Gasteiger partial charge in [-0.2, -0.15) is 0 Å². The third-order valence-corrected chi connectivity index (χ3v) is 8.49. The molecule has 1 unspecified atom stereocenters. The van der Waals surface area contributed by atoms with Crippen LogP contribution in [0, 0.1) is 0 Å². The van der Waals surface area contributed by atoms with E-state index in [0.717, 1.165) is 53.4 Å². The van der Waals surface area contributed by atoms with Gasteiger partial charge in [-0.3, -0.25) is 0 Å². The Hall–Kier alpha value is -1.49. The number of rotatable bonds is 17. The molecule has 0 heterocycles. The van der Waals surface area contributed by atoms with Crippen LogP contribution in [0.25, 0.3) is 21.9 Å². The fraction of sp³-hybridized carbons (Fsp3) is 0.515. The minimum absolute atomic E-state index is 0.501. The highest BCUT2D eigenvalue weighted by molar-refractivity contribution is 6.42. The molecule has 0 bridgehead atoms. The molecule has 1 N–H and O–H groups in total. The van der Waals surface area contributed by atoms with E-state index in [1.54, 1.807) is 13.2 Å². The van der Waals surface area contributed by atoms with Crippen molar-refractivity contribution in [2.45, 2.75) is 84.2 Å². The van der Waals surface area contributed by atoms with Crippen molar-refractivity contribution in [1.29, 1.82) is 0 Å². The number of aliphatic hydroxyl groups excluding tert-OH is 1. The molecule has 1 atom stereocenters. The summed E-state index contributed by atoms with van der Waals surface area (Å²) >= 11 is 19.1. The molecule has 214 valence electrons. The maximum Gasteiger partial charge on any atom is 0.138 e. The first-order valence-corrected chi connectivity index (χ1v) is 15.7. The zero-order valence-corrected chi connectivity index (χ0v) is 26.0. The molecule has 3 rings (SSSR count). The number of hydrogen-bond donors (Lipinski definition) is 1. The number of aliphatic hydroxyl groups is 1. The molecule has 0 aromatic heterocycles. The van der Waals surface area contributed by atoms with Crippen LogP contribution in [0.15, 0.2) is 42.5 Å². The Morgan fingerprint density at radius 1 is 0.718 bits per heavy atom. The van der Waals surface area contributed by atoms with Gasteiger partial charge < -0.3 is 14.7 Å². The number of unbranched alkanes of at least 4 members (excludes halogenated alkanes) is 8. The molecule has 0 radical (unpaired) electrons. The molecular formula is C33H44Cl3NO2. The van der Waals surface area contributed by atoms with Crippen LogP contribution < -0.4 is 4.74 Å². The van der Waals surface area contributed by atoms with Crippen molar-refractivity contribution < 1.29 is 9.84 Å². The van der Waals surface area contributed by atoms with Crippen molar-refractivity contribution in [2.24, 2.45) is 0 Å². The number of halogens is 3. The van der Waals surface area contributed by atoms with Gasteiger partial charge in [0, 0.05) is 6.54 Å². The lowest BCUT2D eigenvalue weighted by Crippen LogP contribution is -2.31. The van der Waals surface area contributed by atoms with Gasteiger partial charge >= 0.3 is 0 Å². The lowest BCUT2D eigenvalue weighted by molar-refractivity contribution is 0.111. The summed E-state index contributed by atoms with van der Waals surface area (Å²) in [5, 5.41) is 15.2. The van der Waals surface area contributed by atoms with E-state index in [9.17, 15) is 5.11 Å². The van der Waals surface area contributed by atoms with E-state index in [1.807, 2.05) is 24.3 Å². The van der Waals surface area contributed by atoms with E-state index in [-0.39, 0.29) is 0 Å². The van der Waals surface area contributed by atoms with Crippen LogP contribution in [0.3, 0.4) is 0 Å². The fourth-order valence-corrected chi connectivity index (χ4v) is 5.73. The summed E-state index contributed by atoms with van der Waals surface area (Å²) < 4.78 is 5.53. The van der Waals surface area contributed by atoms with E-state index < -0.39 is 6.10 Å². The Balaban J connectivity index is 1.91. The van der Waals surface area contributed by atoms with Crippen LogP contribution in [0.5, 0.6) is 5.75 Å². The molecule has 3 nitrogen and oxygen atoms in total. The Kier molecular flexibility index (Phi) is 13.7. The predicted octanol–water partition coefficient (Wildman–Crippen LogP) is 10.8. The Bertz CT molecular complexity index is 1170. The van der Waals surface area contributed by atoms with Gasteiger partial charge in [-0.25, -0.2) is 0 Å². The molecule has 0 saturated heterocycles. The monoisotopic (exact) mass is 591 g/mol. The summed E-state index contributed by atoms with van der Waals surface area (Å²) in [6.07, 6.45) is 11.8. The number of nitrogens with zero attached hydrogens (tertiary/aromatic N) is 1. The summed E-state index contributed by atoms with van der Waals surface area (Å²) in [6, 6.07) is 13.6. The van der Waals surface area contributed by atoms with E-state index in [1.165, 1.54) is 51.4 Å². The van der Waals surface area contributed by atoms with Crippen molar-refractivity contribution in [1.82, 2.24) is 4.90 Å². The first-order valence-electron chi connectivity index (χ1n) is 14.5. The standard InChI is InChI=1S/C33H44Cl3NO2/c1-4-6-8-10-12-16-37(17-13-11-9-7-5-2)23-32(38)28-19-25(24-14-15-29(34)30(35)20-24)18-26-21-31(36)33(39-3)22-27(26)28/h14-15,18-22,32,38H,4-13,16-17,23H2,1-3H3. The molecule has 0 aliphatic rings. The largest absolute Gasteiger partial charge is 0.495 e. The highest BCUT2D eigenvalue weighted by atomic mass is 35.5. The van der Waals surface area contributed by atoms with Gasteiger partial charge in [0.15, 0.2) is 0 Å². The average molecular weight is 593 g/mol. The average Bonchev–Trinajstić information content (AvgIpc) is 2.92. The molecule has 39 heavy (non-hydrogen) atoms. The molecule has 3 aromatic carbocycles. The quantitative estimate of drug-likeness (QED) is 0.158. The number of fused-ring (bicyclic) bond motifs is 1. The maximum atomic E-state index is 11.7. The minimum atomic E-state index is -0.660. The topological polar surface area (TPSA) is 32.7 Å². The van der Waals surface area contributed by atoms with Crippen LogP contribution in [0.4, 0.5) is 0 Å². The lowest BCUT2D eigenvalue weighted by atomic mass is 9.93. The smallest absolute Gasteiger partial charge is 0.138 e. The zero-order valence-electron chi connectivity index (χ0n) is 23.7. The summed E-state index contributed by atoms with van der Waals surface area (Å²) in [5.41, 5.74) is 2.77.